The van der Waals surface area contributed by atoms with E-state index in [2.05, 4.69) is 15.9 Å². The van der Waals surface area contributed by atoms with Gasteiger partial charge in [0.15, 0.2) is 0 Å². The first-order valence-corrected chi connectivity index (χ1v) is 6.70. The highest BCUT2D eigenvalue weighted by Crippen LogP contribution is 2.22. The van der Waals surface area contributed by atoms with Crippen molar-refractivity contribution in [1.29, 1.82) is 0 Å². The second-order valence-corrected chi connectivity index (χ2v) is 6.34. The Balaban J connectivity index is 2.24. The fraction of sp³-hybridized carbons (Fsp3) is 0.545. The molecule has 0 saturated heterocycles. The van der Waals surface area contributed by atoms with Gasteiger partial charge in [-0.05, 0) is 47.8 Å². The molecule has 0 amide bonds. The molecule has 0 aliphatic rings. The summed E-state index contributed by atoms with van der Waals surface area (Å²) < 4.78 is 1.08. The summed E-state index contributed by atoms with van der Waals surface area (Å²) in [5.74, 6) is 0.310. The van der Waals surface area contributed by atoms with Gasteiger partial charge >= 0.3 is 0 Å². The SMILES string of the molecule is CC(N)CCCC(=O)Cc1ccc(Br)s1. The van der Waals surface area contributed by atoms with E-state index < -0.39 is 0 Å². The van der Waals surface area contributed by atoms with Gasteiger partial charge in [-0.2, -0.15) is 0 Å². The van der Waals surface area contributed by atoms with Crippen LogP contribution in [0.5, 0.6) is 0 Å². The van der Waals surface area contributed by atoms with Gasteiger partial charge in [-0.1, -0.05) is 0 Å². The van der Waals surface area contributed by atoms with Crippen LogP contribution < -0.4 is 5.73 Å². The van der Waals surface area contributed by atoms with Crippen LogP contribution in [0.2, 0.25) is 0 Å². The zero-order valence-electron chi connectivity index (χ0n) is 8.83. The summed E-state index contributed by atoms with van der Waals surface area (Å²) in [7, 11) is 0. The van der Waals surface area contributed by atoms with E-state index in [9.17, 15) is 4.79 Å². The third kappa shape index (κ3) is 5.44. The number of hydrogen-bond donors (Lipinski definition) is 1. The maximum atomic E-state index is 11.6. The Morgan fingerprint density at radius 2 is 2.33 bits per heavy atom. The molecule has 0 radical (unpaired) electrons. The Bertz CT molecular complexity index is 322. The predicted octanol–water partition coefficient (Wildman–Crippen LogP) is 3.14. The minimum atomic E-state index is 0.202. The Labute approximate surface area is 103 Å². The molecule has 0 saturated carbocycles. The maximum absolute atomic E-state index is 11.6. The van der Waals surface area contributed by atoms with E-state index in [1.165, 1.54) is 0 Å². The van der Waals surface area contributed by atoms with Crippen molar-refractivity contribution >= 4 is 33.0 Å². The van der Waals surface area contributed by atoms with Gasteiger partial charge in [-0.15, -0.1) is 11.3 Å². The maximum Gasteiger partial charge on any atom is 0.138 e. The summed E-state index contributed by atoms with van der Waals surface area (Å²) in [5.41, 5.74) is 5.62. The van der Waals surface area contributed by atoms with Crippen molar-refractivity contribution in [3.63, 3.8) is 0 Å². The number of Topliss-reactive ketones (excluding diaryl/α,β-unsaturated/α-hetero) is 1. The van der Waals surface area contributed by atoms with Gasteiger partial charge in [0.1, 0.15) is 5.78 Å². The summed E-state index contributed by atoms with van der Waals surface area (Å²) in [6, 6.07) is 4.18. The van der Waals surface area contributed by atoms with Crippen LogP contribution in [0.25, 0.3) is 0 Å². The topological polar surface area (TPSA) is 43.1 Å². The molecule has 4 heteroatoms. The van der Waals surface area contributed by atoms with Crippen molar-refractivity contribution in [2.24, 2.45) is 5.73 Å². The Kier molecular flexibility index (Phi) is 5.50. The second kappa shape index (κ2) is 6.40. The van der Waals surface area contributed by atoms with Crippen molar-refractivity contribution in [2.45, 2.75) is 38.6 Å². The minimum absolute atomic E-state index is 0.202. The van der Waals surface area contributed by atoms with Gasteiger partial charge in [-0.3, -0.25) is 4.79 Å². The van der Waals surface area contributed by atoms with E-state index in [0.717, 1.165) is 21.5 Å². The number of rotatable bonds is 6. The lowest BCUT2D eigenvalue weighted by Crippen LogP contribution is -2.15. The zero-order valence-corrected chi connectivity index (χ0v) is 11.2. The number of thiophene rings is 1. The van der Waals surface area contributed by atoms with E-state index >= 15 is 0 Å². The minimum Gasteiger partial charge on any atom is -0.328 e. The number of hydrogen-bond acceptors (Lipinski definition) is 3. The molecule has 0 aliphatic heterocycles. The Morgan fingerprint density at radius 3 is 2.87 bits per heavy atom. The van der Waals surface area contributed by atoms with Crippen LogP contribution in [0.3, 0.4) is 0 Å². The molecule has 1 aromatic rings. The van der Waals surface area contributed by atoms with Crippen molar-refractivity contribution in [1.82, 2.24) is 0 Å². The lowest BCUT2D eigenvalue weighted by Gasteiger charge is -2.03. The molecule has 1 rings (SSSR count). The standard InChI is InChI=1S/C11H16BrNOS/c1-8(13)3-2-4-9(14)7-10-5-6-11(12)15-10/h5-6,8H,2-4,7,13H2,1H3. The van der Waals surface area contributed by atoms with Crippen LogP contribution in [0, 0.1) is 0 Å². The van der Waals surface area contributed by atoms with Crippen LogP contribution in [-0.4, -0.2) is 11.8 Å². The monoisotopic (exact) mass is 289 g/mol. The zero-order chi connectivity index (χ0) is 11.3. The molecular weight excluding hydrogens is 274 g/mol. The number of halogens is 1. The molecule has 1 atom stereocenters. The van der Waals surface area contributed by atoms with Crippen LogP contribution >= 0.6 is 27.3 Å². The molecule has 1 heterocycles. The predicted molar refractivity (Wildman–Crippen MR) is 68.2 cm³/mol. The van der Waals surface area contributed by atoms with E-state index in [0.29, 0.717) is 18.6 Å². The molecule has 0 spiro atoms. The fourth-order valence-corrected chi connectivity index (χ4v) is 2.86. The molecule has 84 valence electrons. The van der Waals surface area contributed by atoms with E-state index in [1.54, 1.807) is 11.3 Å². The van der Waals surface area contributed by atoms with E-state index in [-0.39, 0.29) is 6.04 Å². The normalized spacial score (nSPS) is 12.7. The smallest absolute Gasteiger partial charge is 0.138 e. The summed E-state index contributed by atoms with van der Waals surface area (Å²) in [4.78, 5) is 12.7. The van der Waals surface area contributed by atoms with Gasteiger partial charge in [-0.25, -0.2) is 0 Å². The molecule has 0 aliphatic carbocycles. The Morgan fingerprint density at radius 1 is 1.60 bits per heavy atom. The average Bonchev–Trinajstić information content (AvgIpc) is 2.50. The first-order chi connectivity index (χ1) is 7.08. The number of carbonyl (C=O) groups is 1. The highest BCUT2D eigenvalue weighted by Gasteiger charge is 2.06. The van der Waals surface area contributed by atoms with Crippen molar-refractivity contribution in [3.05, 3.63) is 20.8 Å². The largest absolute Gasteiger partial charge is 0.328 e. The van der Waals surface area contributed by atoms with Crippen LogP contribution in [0.1, 0.15) is 31.1 Å². The molecule has 15 heavy (non-hydrogen) atoms. The molecule has 2 N–H and O–H groups in total. The van der Waals surface area contributed by atoms with Gasteiger partial charge in [0.05, 0.1) is 3.79 Å². The third-order valence-corrected chi connectivity index (χ3v) is 3.74. The molecule has 0 bridgehead atoms. The first kappa shape index (κ1) is 12.9. The molecule has 1 aromatic heterocycles. The molecular formula is C11H16BrNOS. The van der Waals surface area contributed by atoms with Gasteiger partial charge in [0.25, 0.3) is 0 Å². The van der Waals surface area contributed by atoms with Crippen LogP contribution in [0.15, 0.2) is 15.9 Å². The molecule has 1 unspecified atom stereocenters. The van der Waals surface area contributed by atoms with E-state index in [4.69, 9.17) is 5.73 Å². The van der Waals surface area contributed by atoms with E-state index in [1.807, 2.05) is 19.1 Å². The number of ketones is 1. The Hall–Kier alpha value is -0.190. The highest BCUT2D eigenvalue weighted by molar-refractivity contribution is 9.11. The summed E-state index contributed by atoms with van der Waals surface area (Å²) >= 11 is 5.01. The first-order valence-electron chi connectivity index (χ1n) is 5.09. The van der Waals surface area contributed by atoms with Gasteiger partial charge < -0.3 is 5.73 Å². The lowest BCUT2D eigenvalue weighted by molar-refractivity contribution is -0.118. The summed E-state index contributed by atoms with van der Waals surface area (Å²) in [6.45, 7) is 1.97. The lowest BCUT2D eigenvalue weighted by atomic mass is 10.1. The molecule has 2 nitrogen and oxygen atoms in total. The fourth-order valence-electron chi connectivity index (χ4n) is 1.35. The quantitative estimate of drug-likeness (QED) is 0.874. The van der Waals surface area contributed by atoms with Crippen molar-refractivity contribution < 1.29 is 4.79 Å². The summed E-state index contributed by atoms with van der Waals surface area (Å²) in [6.07, 6.45) is 3.05. The molecule has 0 fully saturated rings. The summed E-state index contributed by atoms with van der Waals surface area (Å²) in [5, 5.41) is 0. The average molecular weight is 290 g/mol. The van der Waals surface area contributed by atoms with Crippen molar-refractivity contribution in [3.8, 4) is 0 Å². The number of nitrogens with two attached hydrogens (primary N) is 1. The van der Waals surface area contributed by atoms with Crippen LogP contribution in [0.4, 0.5) is 0 Å². The molecule has 0 aromatic carbocycles. The van der Waals surface area contributed by atoms with Crippen LogP contribution in [-0.2, 0) is 11.2 Å². The second-order valence-electron chi connectivity index (χ2n) is 3.79. The highest BCUT2D eigenvalue weighted by atomic mass is 79.9. The third-order valence-electron chi connectivity index (χ3n) is 2.12. The van der Waals surface area contributed by atoms with Gasteiger partial charge in [0.2, 0.25) is 0 Å². The van der Waals surface area contributed by atoms with Crippen molar-refractivity contribution in [2.75, 3.05) is 0 Å². The number of carbonyl (C=O) groups excluding carboxylic acids is 1. The van der Waals surface area contributed by atoms with Gasteiger partial charge in [0, 0.05) is 23.8 Å².